The molecule has 2 fully saturated rings. The SMILES string of the molecule is CCOC(=O)N1CC2(CCC(O)C2)C1. The molecule has 1 atom stereocenters. The molecule has 1 heterocycles. The first-order valence-corrected chi connectivity index (χ1v) is 5.25. The Hall–Kier alpha value is -0.770. The maximum atomic E-state index is 11.3. The average Bonchev–Trinajstić information content (AvgIpc) is 2.45. The smallest absolute Gasteiger partial charge is 0.409 e. The van der Waals surface area contributed by atoms with E-state index in [-0.39, 0.29) is 17.6 Å². The van der Waals surface area contributed by atoms with Crippen molar-refractivity contribution in [2.24, 2.45) is 5.41 Å². The van der Waals surface area contributed by atoms with Crippen LogP contribution in [0.25, 0.3) is 0 Å². The van der Waals surface area contributed by atoms with E-state index in [0.29, 0.717) is 6.61 Å². The summed E-state index contributed by atoms with van der Waals surface area (Å²) < 4.78 is 4.90. The van der Waals surface area contributed by atoms with Crippen LogP contribution in [0.2, 0.25) is 0 Å². The highest BCUT2D eigenvalue weighted by molar-refractivity contribution is 5.69. The van der Waals surface area contributed by atoms with Gasteiger partial charge in [0.15, 0.2) is 0 Å². The zero-order valence-corrected chi connectivity index (χ0v) is 8.53. The van der Waals surface area contributed by atoms with Gasteiger partial charge in [-0.1, -0.05) is 0 Å². The lowest BCUT2D eigenvalue weighted by Crippen LogP contribution is -2.57. The first-order valence-electron chi connectivity index (χ1n) is 5.25. The maximum Gasteiger partial charge on any atom is 0.409 e. The normalized spacial score (nSPS) is 29.0. The van der Waals surface area contributed by atoms with E-state index in [2.05, 4.69) is 0 Å². The first kappa shape index (κ1) is 9.77. The summed E-state index contributed by atoms with van der Waals surface area (Å²) in [5.74, 6) is 0. The molecule has 1 spiro atoms. The second-order valence-corrected chi connectivity index (χ2v) is 4.45. The molecule has 1 N–H and O–H groups in total. The number of aliphatic hydroxyl groups excluding tert-OH is 1. The largest absolute Gasteiger partial charge is 0.450 e. The third kappa shape index (κ3) is 1.59. The van der Waals surface area contributed by atoms with Gasteiger partial charge < -0.3 is 14.7 Å². The van der Waals surface area contributed by atoms with Crippen molar-refractivity contribution in [1.29, 1.82) is 0 Å². The van der Waals surface area contributed by atoms with Gasteiger partial charge in [-0.05, 0) is 26.2 Å². The summed E-state index contributed by atoms with van der Waals surface area (Å²) in [5, 5.41) is 9.42. The number of aliphatic hydroxyl groups is 1. The minimum absolute atomic E-state index is 0.153. The van der Waals surface area contributed by atoms with Gasteiger partial charge in [0.1, 0.15) is 0 Å². The van der Waals surface area contributed by atoms with Crippen LogP contribution < -0.4 is 0 Å². The molecule has 80 valence electrons. The number of likely N-dealkylation sites (tertiary alicyclic amines) is 1. The number of carbonyl (C=O) groups is 1. The van der Waals surface area contributed by atoms with Crippen LogP contribution in [0.4, 0.5) is 4.79 Å². The molecule has 2 aliphatic rings. The number of nitrogens with zero attached hydrogens (tertiary/aromatic N) is 1. The third-order valence-electron chi connectivity index (χ3n) is 3.26. The summed E-state index contributed by atoms with van der Waals surface area (Å²) in [6, 6.07) is 0. The van der Waals surface area contributed by atoms with Crippen molar-refractivity contribution in [2.75, 3.05) is 19.7 Å². The summed E-state index contributed by atoms with van der Waals surface area (Å²) >= 11 is 0. The van der Waals surface area contributed by atoms with E-state index in [0.717, 1.165) is 32.4 Å². The number of carbonyl (C=O) groups excluding carboxylic acids is 1. The Balaban J connectivity index is 1.81. The summed E-state index contributed by atoms with van der Waals surface area (Å²) in [4.78, 5) is 13.0. The minimum Gasteiger partial charge on any atom is -0.450 e. The molecule has 4 heteroatoms. The van der Waals surface area contributed by atoms with Crippen LogP contribution in [0.15, 0.2) is 0 Å². The Morgan fingerprint density at radius 2 is 2.36 bits per heavy atom. The van der Waals surface area contributed by atoms with Crippen LogP contribution in [0.5, 0.6) is 0 Å². The molecule has 4 nitrogen and oxygen atoms in total. The molecule has 0 aromatic carbocycles. The molecule has 1 amide bonds. The molecule has 2 rings (SSSR count). The van der Waals surface area contributed by atoms with Gasteiger partial charge in [0, 0.05) is 18.5 Å². The van der Waals surface area contributed by atoms with E-state index >= 15 is 0 Å². The van der Waals surface area contributed by atoms with Gasteiger partial charge in [-0.2, -0.15) is 0 Å². The predicted molar refractivity (Wildman–Crippen MR) is 50.9 cm³/mol. The van der Waals surface area contributed by atoms with E-state index in [4.69, 9.17) is 4.74 Å². The minimum atomic E-state index is -0.209. The highest BCUT2D eigenvalue weighted by Crippen LogP contribution is 2.45. The van der Waals surface area contributed by atoms with Crippen LogP contribution in [0.1, 0.15) is 26.2 Å². The average molecular weight is 199 g/mol. The molecule has 1 saturated heterocycles. The molecule has 14 heavy (non-hydrogen) atoms. The number of amides is 1. The lowest BCUT2D eigenvalue weighted by molar-refractivity contribution is -0.00539. The Bertz CT molecular complexity index is 236. The van der Waals surface area contributed by atoms with E-state index in [9.17, 15) is 9.90 Å². The molecule has 0 aromatic heterocycles. The second kappa shape index (κ2) is 3.42. The number of ether oxygens (including phenoxy) is 1. The van der Waals surface area contributed by atoms with Crippen molar-refractivity contribution in [1.82, 2.24) is 4.90 Å². The van der Waals surface area contributed by atoms with Gasteiger partial charge in [-0.25, -0.2) is 4.79 Å². The van der Waals surface area contributed by atoms with Crippen molar-refractivity contribution in [2.45, 2.75) is 32.3 Å². The molecule has 1 aliphatic heterocycles. The second-order valence-electron chi connectivity index (χ2n) is 4.45. The van der Waals surface area contributed by atoms with Crippen LogP contribution in [0, 0.1) is 5.41 Å². The summed E-state index contributed by atoms with van der Waals surface area (Å²) in [7, 11) is 0. The van der Waals surface area contributed by atoms with Crippen molar-refractivity contribution in [3.8, 4) is 0 Å². The molecular weight excluding hydrogens is 182 g/mol. The van der Waals surface area contributed by atoms with E-state index < -0.39 is 0 Å². The first-order chi connectivity index (χ1) is 6.65. The van der Waals surface area contributed by atoms with Crippen LogP contribution >= 0.6 is 0 Å². The number of hydrogen-bond acceptors (Lipinski definition) is 3. The van der Waals surface area contributed by atoms with Gasteiger partial charge in [0.25, 0.3) is 0 Å². The fourth-order valence-electron chi connectivity index (χ4n) is 2.57. The predicted octanol–water partition coefficient (Wildman–Crippen LogP) is 0.990. The standard InChI is InChI=1S/C10H17NO3/c1-2-14-9(13)11-6-10(7-11)4-3-8(12)5-10/h8,12H,2-7H2,1H3. The van der Waals surface area contributed by atoms with Crippen molar-refractivity contribution in [3.63, 3.8) is 0 Å². The van der Waals surface area contributed by atoms with E-state index in [1.807, 2.05) is 6.92 Å². The number of rotatable bonds is 1. The Morgan fingerprint density at radius 3 is 2.86 bits per heavy atom. The molecule has 1 aliphatic carbocycles. The van der Waals surface area contributed by atoms with E-state index in [1.54, 1.807) is 4.90 Å². The fraction of sp³-hybridized carbons (Fsp3) is 0.900. The summed E-state index contributed by atoms with van der Waals surface area (Å²) in [6.45, 7) is 3.78. The van der Waals surface area contributed by atoms with Crippen molar-refractivity contribution < 1.29 is 14.6 Å². The zero-order chi connectivity index (χ0) is 10.2. The summed E-state index contributed by atoms with van der Waals surface area (Å²) in [5.41, 5.74) is 0.214. The number of hydrogen-bond donors (Lipinski definition) is 1. The molecule has 0 aromatic rings. The fourth-order valence-corrected chi connectivity index (χ4v) is 2.57. The van der Waals surface area contributed by atoms with Crippen molar-refractivity contribution >= 4 is 6.09 Å². The quantitative estimate of drug-likeness (QED) is 0.685. The van der Waals surface area contributed by atoms with Crippen LogP contribution in [-0.4, -0.2) is 41.9 Å². The third-order valence-corrected chi connectivity index (χ3v) is 3.26. The Morgan fingerprint density at radius 1 is 1.64 bits per heavy atom. The van der Waals surface area contributed by atoms with Crippen molar-refractivity contribution in [3.05, 3.63) is 0 Å². The lowest BCUT2D eigenvalue weighted by Gasteiger charge is -2.47. The highest BCUT2D eigenvalue weighted by Gasteiger charge is 2.49. The monoisotopic (exact) mass is 199 g/mol. The van der Waals surface area contributed by atoms with Gasteiger partial charge >= 0.3 is 6.09 Å². The van der Waals surface area contributed by atoms with Gasteiger partial charge in [0.2, 0.25) is 0 Å². The molecule has 0 radical (unpaired) electrons. The zero-order valence-electron chi connectivity index (χ0n) is 8.53. The summed E-state index contributed by atoms with van der Waals surface area (Å²) in [6.07, 6.45) is 2.42. The highest BCUT2D eigenvalue weighted by atomic mass is 16.6. The lowest BCUT2D eigenvalue weighted by atomic mass is 9.78. The Labute approximate surface area is 83.8 Å². The molecule has 0 bridgehead atoms. The topological polar surface area (TPSA) is 49.8 Å². The molecular formula is C10H17NO3. The molecule has 1 unspecified atom stereocenters. The Kier molecular flexibility index (Phi) is 2.39. The van der Waals surface area contributed by atoms with Gasteiger partial charge in [0.05, 0.1) is 12.7 Å². The van der Waals surface area contributed by atoms with Crippen LogP contribution in [0.3, 0.4) is 0 Å². The van der Waals surface area contributed by atoms with Gasteiger partial charge in [-0.3, -0.25) is 0 Å². The van der Waals surface area contributed by atoms with Gasteiger partial charge in [-0.15, -0.1) is 0 Å². The van der Waals surface area contributed by atoms with E-state index in [1.165, 1.54) is 0 Å². The van der Waals surface area contributed by atoms with Crippen LogP contribution in [-0.2, 0) is 4.74 Å². The molecule has 1 saturated carbocycles. The maximum absolute atomic E-state index is 11.3.